The summed E-state index contributed by atoms with van der Waals surface area (Å²) in [6, 6.07) is 6.98. The summed E-state index contributed by atoms with van der Waals surface area (Å²) in [5, 5.41) is 0. The highest BCUT2D eigenvalue weighted by Crippen LogP contribution is 2.45. The summed E-state index contributed by atoms with van der Waals surface area (Å²) in [5.41, 5.74) is 1.32. The summed E-state index contributed by atoms with van der Waals surface area (Å²) in [4.78, 5) is 0. The second-order valence-corrected chi connectivity index (χ2v) is 10.4. The lowest BCUT2D eigenvalue weighted by Crippen LogP contribution is -2.25. The Morgan fingerprint density at radius 1 is 0.806 bits per heavy atom. The molecule has 2 aliphatic rings. The van der Waals surface area contributed by atoms with Crippen LogP contribution in [0.1, 0.15) is 127 Å². The first-order valence-electron chi connectivity index (χ1n) is 13.1. The topological polar surface area (TPSA) is 0 Å². The molecule has 176 valence electrons. The highest BCUT2D eigenvalue weighted by atomic mass is 19.3. The van der Waals surface area contributed by atoms with Crippen molar-refractivity contribution in [2.24, 2.45) is 17.8 Å². The molecular weight excluding hydrogens is 393 g/mol. The molecule has 0 bridgehead atoms. The minimum absolute atomic E-state index is 0.117. The summed E-state index contributed by atoms with van der Waals surface area (Å²) < 4.78 is 42.1. The van der Waals surface area contributed by atoms with Crippen molar-refractivity contribution in [1.29, 1.82) is 0 Å². The van der Waals surface area contributed by atoms with Crippen LogP contribution in [-0.2, 0) is 0 Å². The van der Waals surface area contributed by atoms with Crippen molar-refractivity contribution in [1.82, 2.24) is 0 Å². The van der Waals surface area contributed by atoms with Crippen LogP contribution < -0.4 is 0 Å². The van der Waals surface area contributed by atoms with Gasteiger partial charge in [-0.3, -0.25) is 0 Å². The quantitative estimate of drug-likeness (QED) is 0.320. The van der Waals surface area contributed by atoms with Crippen molar-refractivity contribution in [3.63, 3.8) is 0 Å². The van der Waals surface area contributed by atoms with Crippen molar-refractivity contribution in [3.05, 3.63) is 35.4 Å². The highest BCUT2D eigenvalue weighted by molar-refractivity contribution is 5.28. The maximum atomic E-state index is 14.3. The molecule has 1 aromatic carbocycles. The lowest BCUT2D eigenvalue weighted by Gasteiger charge is -2.38. The van der Waals surface area contributed by atoms with Crippen molar-refractivity contribution in [3.8, 4) is 0 Å². The van der Waals surface area contributed by atoms with Gasteiger partial charge < -0.3 is 0 Å². The van der Waals surface area contributed by atoms with Gasteiger partial charge in [0.1, 0.15) is 0 Å². The molecule has 0 nitrogen and oxygen atoms in total. The van der Waals surface area contributed by atoms with Gasteiger partial charge in [0.05, 0.1) is 0 Å². The van der Waals surface area contributed by atoms with Crippen LogP contribution in [0.2, 0.25) is 0 Å². The molecule has 2 fully saturated rings. The van der Waals surface area contributed by atoms with Gasteiger partial charge in [0, 0.05) is 6.42 Å². The van der Waals surface area contributed by atoms with Gasteiger partial charge in [-0.2, -0.15) is 0 Å². The van der Waals surface area contributed by atoms with Gasteiger partial charge in [0.15, 0.2) is 6.17 Å². The summed E-state index contributed by atoms with van der Waals surface area (Å²) >= 11 is 0. The van der Waals surface area contributed by atoms with E-state index in [4.69, 9.17) is 0 Å². The molecule has 3 rings (SSSR count). The normalized spacial score (nSPS) is 28.4. The Labute approximate surface area is 188 Å². The number of benzene rings is 1. The Hall–Kier alpha value is -0.990. The van der Waals surface area contributed by atoms with Crippen LogP contribution >= 0.6 is 0 Å². The number of halogens is 3. The van der Waals surface area contributed by atoms with Gasteiger partial charge in [0.25, 0.3) is 5.92 Å². The van der Waals surface area contributed by atoms with E-state index in [1.165, 1.54) is 82.6 Å². The zero-order chi connectivity index (χ0) is 22.3. The number of alkyl halides is 3. The second-order valence-electron chi connectivity index (χ2n) is 10.4. The first-order valence-corrected chi connectivity index (χ1v) is 13.1. The Morgan fingerprint density at radius 2 is 1.39 bits per heavy atom. The Balaban J connectivity index is 1.45. The second kappa shape index (κ2) is 11.8. The Kier molecular flexibility index (Phi) is 9.34. The van der Waals surface area contributed by atoms with Crippen molar-refractivity contribution >= 4 is 0 Å². The average Bonchev–Trinajstić information content (AvgIpc) is 2.79. The molecule has 1 aromatic rings. The van der Waals surface area contributed by atoms with Gasteiger partial charge in [-0.15, -0.1) is 0 Å². The fourth-order valence-electron chi connectivity index (χ4n) is 6.20. The Bertz CT molecular complexity index is 622. The molecular formula is C28H43F3. The average molecular weight is 437 g/mol. The van der Waals surface area contributed by atoms with E-state index < -0.39 is 18.5 Å². The van der Waals surface area contributed by atoms with Gasteiger partial charge in [-0.05, 0) is 73.3 Å². The van der Waals surface area contributed by atoms with Crippen LogP contribution in [0, 0.1) is 17.8 Å². The monoisotopic (exact) mass is 436 g/mol. The molecule has 0 heterocycles. The first kappa shape index (κ1) is 24.6. The molecule has 2 saturated carbocycles. The van der Waals surface area contributed by atoms with E-state index in [0.29, 0.717) is 5.92 Å². The summed E-state index contributed by atoms with van der Waals surface area (Å²) in [5.74, 6) is -0.0101. The zero-order valence-corrected chi connectivity index (χ0v) is 19.7. The summed E-state index contributed by atoms with van der Waals surface area (Å²) in [7, 11) is 0. The minimum Gasteiger partial charge on any atom is -0.236 e. The molecule has 1 atom stereocenters. The molecule has 3 heteroatoms. The van der Waals surface area contributed by atoms with Gasteiger partial charge >= 0.3 is 0 Å². The third-order valence-electron chi connectivity index (χ3n) is 8.20. The van der Waals surface area contributed by atoms with Gasteiger partial charge in [0.2, 0.25) is 0 Å². The van der Waals surface area contributed by atoms with Crippen LogP contribution in [-0.4, -0.2) is 5.92 Å². The fourth-order valence-corrected chi connectivity index (χ4v) is 6.20. The van der Waals surface area contributed by atoms with Gasteiger partial charge in [-0.25, -0.2) is 13.2 Å². The van der Waals surface area contributed by atoms with E-state index in [9.17, 15) is 13.2 Å². The fraction of sp³-hybridized carbons (Fsp3) is 0.786. The van der Waals surface area contributed by atoms with Crippen molar-refractivity contribution in [2.75, 3.05) is 0 Å². The van der Waals surface area contributed by atoms with E-state index in [1.54, 1.807) is 19.1 Å². The lowest BCUT2D eigenvalue weighted by molar-refractivity contribution is -0.0807. The van der Waals surface area contributed by atoms with E-state index in [0.717, 1.165) is 17.8 Å². The van der Waals surface area contributed by atoms with Crippen LogP contribution in [0.4, 0.5) is 13.2 Å². The first-order chi connectivity index (χ1) is 14.9. The molecule has 1 unspecified atom stereocenters. The maximum absolute atomic E-state index is 14.3. The molecule has 0 aliphatic heterocycles. The van der Waals surface area contributed by atoms with E-state index in [1.807, 2.05) is 12.1 Å². The van der Waals surface area contributed by atoms with E-state index in [2.05, 4.69) is 6.92 Å². The standard InChI is InChI=1S/C28H43F3/c1-3-5-6-7-21-8-10-22(11-9-21)23-12-14-24(15-13-23)25-16-18-26(19-17-25)27(29)28(30,31)20-4-2/h16-19,21-24,27H,3-15,20H2,1-2H3/t21-,22-,23?,24?,27?. The molecule has 31 heavy (non-hydrogen) atoms. The molecule has 0 radical (unpaired) electrons. The van der Waals surface area contributed by atoms with Crippen molar-refractivity contribution < 1.29 is 13.2 Å². The summed E-state index contributed by atoms with van der Waals surface area (Å²) in [6.45, 7) is 3.95. The zero-order valence-electron chi connectivity index (χ0n) is 19.7. The highest BCUT2D eigenvalue weighted by Gasteiger charge is 2.40. The minimum atomic E-state index is -3.27. The predicted molar refractivity (Wildman–Crippen MR) is 124 cm³/mol. The van der Waals surface area contributed by atoms with E-state index in [-0.39, 0.29) is 12.0 Å². The van der Waals surface area contributed by atoms with Gasteiger partial charge in [-0.1, -0.05) is 83.1 Å². The van der Waals surface area contributed by atoms with Crippen LogP contribution in [0.25, 0.3) is 0 Å². The predicted octanol–water partition coefficient (Wildman–Crippen LogP) is 9.79. The number of hydrogen-bond acceptors (Lipinski definition) is 0. The summed E-state index contributed by atoms with van der Waals surface area (Å²) in [6.07, 6.45) is 13.9. The smallest absolute Gasteiger partial charge is 0.236 e. The molecule has 0 N–H and O–H groups in total. The number of unbranched alkanes of at least 4 members (excludes halogenated alkanes) is 2. The van der Waals surface area contributed by atoms with E-state index >= 15 is 0 Å². The van der Waals surface area contributed by atoms with Crippen LogP contribution in [0.5, 0.6) is 0 Å². The number of hydrogen-bond donors (Lipinski definition) is 0. The Morgan fingerprint density at radius 3 is 1.94 bits per heavy atom. The molecule has 0 saturated heterocycles. The third-order valence-corrected chi connectivity index (χ3v) is 8.20. The largest absolute Gasteiger partial charge is 0.282 e. The molecule has 0 amide bonds. The maximum Gasteiger partial charge on any atom is 0.282 e. The lowest BCUT2D eigenvalue weighted by atomic mass is 9.68. The molecule has 2 aliphatic carbocycles. The molecule has 0 spiro atoms. The molecule has 0 aromatic heterocycles. The van der Waals surface area contributed by atoms with Crippen LogP contribution in [0.15, 0.2) is 24.3 Å². The number of rotatable bonds is 10. The van der Waals surface area contributed by atoms with Crippen molar-refractivity contribution in [2.45, 2.75) is 122 Å². The third kappa shape index (κ3) is 6.75. The van der Waals surface area contributed by atoms with Crippen LogP contribution in [0.3, 0.4) is 0 Å². The SMILES string of the molecule is CCCCC[C@H]1CC[C@H](C2CCC(c3ccc(C(F)C(F)(F)CCC)cc3)CC2)CC1.